The lowest BCUT2D eigenvalue weighted by Gasteiger charge is -2.32. The molecule has 35 heavy (non-hydrogen) atoms. The van der Waals surface area contributed by atoms with Crippen molar-refractivity contribution >= 4 is 27.5 Å². The molecule has 0 aliphatic heterocycles. The third-order valence-corrected chi connectivity index (χ3v) is 7.01. The van der Waals surface area contributed by atoms with Crippen LogP contribution in [0.15, 0.2) is 42.5 Å². The van der Waals surface area contributed by atoms with Crippen LogP contribution in [0.25, 0.3) is 0 Å². The molecule has 2 amide bonds. The summed E-state index contributed by atoms with van der Waals surface area (Å²) in [5, 5.41) is 2.88. The molecule has 0 heterocycles. The fraction of sp³-hybridized carbons (Fsp3) is 0.462. The van der Waals surface area contributed by atoms with Gasteiger partial charge in [0.15, 0.2) is 0 Å². The number of amides is 2. The highest BCUT2D eigenvalue weighted by atomic mass is 32.2. The average Bonchev–Trinajstić information content (AvgIpc) is 2.80. The van der Waals surface area contributed by atoms with Crippen molar-refractivity contribution < 1.29 is 22.7 Å². The number of anilines is 1. The zero-order valence-corrected chi connectivity index (χ0v) is 22.3. The largest absolute Gasteiger partial charge is 0.495 e. The lowest BCUT2D eigenvalue weighted by Crippen LogP contribution is -2.51. The standard InChI is InChI=1S/C26H37N3O5S/c1-7-8-15-27-26(31)21(4)28(17-22-12-10-9-11-20(22)3)25(30)18-29(35(6,32)33)23-16-19(2)13-14-24(23)34-5/h9-14,16,21H,7-8,15,17-18H2,1-6H3,(H,27,31). The Hall–Kier alpha value is -3.07. The van der Waals surface area contributed by atoms with Crippen molar-refractivity contribution in [3.63, 3.8) is 0 Å². The Kier molecular flexibility index (Phi) is 10.1. The van der Waals surface area contributed by atoms with Crippen LogP contribution < -0.4 is 14.4 Å². The summed E-state index contributed by atoms with van der Waals surface area (Å²) in [5.74, 6) is -0.426. The zero-order chi connectivity index (χ0) is 26.2. The van der Waals surface area contributed by atoms with Gasteiger partial charge in [0.1, 0.15) is 18.3 Å². The average molecular weight is 504 g/mol. The summed E-state index contributed by atoms with van der Waals surface area (Å²) in [6, 6.07) is 12.0. The highest BCUT2D eigenvalue weighted by Crippen LogP contribution is 2.31. The van der Waals surface area contributed by atoms with Gasteiger partial charge in [-0.1, -0.05) is 43.7 Å². The molecule has 0 aliphatic rings. The van der Waals surface area contributed by atoms with Crippen LogP contribution in [-0.2, 0) is 26.2 Å². The summed E-state index contributed by atoms with van der Waals surface area (Å²) in [4.78, 5) is 28.0. The van der Waals surface area contributed by atoms with Crippen molar-refractivity contribution in [2.45, 2.75) is 53.1 Å². The van der Waals surface area contributed by atoms with Gasteiger partial charge in [-0.15, -0.1) is 0 Å². The SMILES string of the molecule is CCCCNC(=O)C(C)N(Cc1ccccc1C)C(=O)CN(c1cc(C)ccc1OC)S(C)(=O)=O. The molecule has 0 aliphatic carbocycles. The number of unbranched alkanes of at least 4 members (excludes halogenated alkanes) is 1. The molecule has 0 spiro atoms. The Balaban J connectivity index is 2.43. The Labute approximate surface area is 209 Å². The minimum absolute atomic E-state index is 0.177. The molecular weight excluding hydrogens is 466 g/mol. The predicted octanol–water partition coefficient (Wildman–Crippen LogP) is 3.41. The van der Waals surface area contributed by atoms with Gasteiger partial charge in [-0.2, -0.15) is 0 Å². The quantitative estimate of drug-likeness (QED) is 0.448. The first-order valence-electron chi connectivity index (χ1n) is 11.7. The van der Waals surface area contributed by atoms with Gasteiger partial charge >= 0.3 is 0 Å². The summed E-state index contributed by atoms with van der Waals surface area (Å²) in [7, 11) is -2.39. The van der Waals surface area contributed by atoms with Gasteiger partial charge in [0.25, 0.3) is 0 Å². The van der Waals surface area contributed by atoms with Crippen molar-refractivity contribution in [1.82, 2.24) is 10.2 Å². The monoisotopic (exact) mass is 503 g/mol. The van der Waals surface area contributed by atoms with Crippen LogP contribution in [0.3, 0.4) is 0 Å². The molecule has 0 bridgehead atoms. The fourth-order valence-corrected chi connectivity index (χ4v) is 4.52. The van der Waals surface area contributed by atoms with Crippen LogP contribution in [0, 0.1) is 13.8 Å². The summed E-state index contributed by atoms with van der Waals surface area (Å²) in [6.45, 7) is 7.69. The first kappa shape index (κ1) is 28.2. The van der Waals surface area contributed by atoms with Crippen molar-refractivity contribution in [2.24, 2.45) is 0 Å². The number of rotatable bonds is 12. The highest BCUT2D eigenvalue weighted by Gasteiger charge is 2.31. The lowest BCUT2D eigenvalue weighted by molar-refractivity contribution is -0.139. The molecule has 2 rings (SSSR count). The minimum Gasteiger partial charge on any atom is -0.495 e. The number of benzene rings is 2. The minimum atomic E-state index is -3.84. The van der Waals surface area contributed by atoms with E-state index < -0.39 is 28.5 Å². The number of sulfonamides is 1. The summed E-state index contributed by atoms with van der Waals surface area (Å²) >= 11 is 0. The number of methoxy groups -OCH3 is 1. The van der Waals surface area contributed by atoms with E-state index in [1.54, 1.807) is 25.1 Å². The van der Waals surface area contributed by atoms with Gasteiger partial charge < -0.3 is 15.0 Å². The topological polar surface area (TPSA) is 96.0 Å². The van der Waals surface area contributed by atoms with Gasteiger partial charge in [0.2, 0.25) is 21.8 Å². The Morgan fingerprint density at radius 2 is 1.80 bits per heavy atom. The number of nitrogens with one attached hydrogen (secondary N) is 1. The third kappa shape index (κ3) is 7.71. The molecule has 1 N–H and O–H groups in total. The van der Waals surface area contributed by atoms with E-state index in [-0.39, 0.29) is 18.1 Å². The van der Waals surface area contributed by atoms with Crippen LogP contribution in [-0.4, -0.2) is 57.6 Å². The molecule has 0 saturated heterocycles. The van der Waals surface area contributed by atoms with E-state index in [1.165, 1.54) is 12.0 Å². The van der Waals surface area contributed by atoms with Crippen molar-refractivity contribution in [1.29, 1.82) is 0 Å². The van der Waals surface area contributed by atoms with Gasteiger partial charge in [-0.05, 0) is 56.0 Å². The highest BCUT2D eigenvalue weighted by molar-refractivity contribution is 7.92. The number of hydrogen-bond acceptors (Lipinski definition) is 5. The van der Waals surface area contributed by atoms with E-state index in [2.05, 4.69) is 5.32 Å². The van der Waals surface area contributed by atoms with E-state index >= 15 is 0 Å². The molecule has 2 aromatic rings. The van der Waals surface area contributed by atoms with Crippen molar-refractivity contribution in [3.8, 4) is 5.75 Å². The van der Waals surface area contributed by atoms with E-state index in [1.807, 2.05) is 45.0 Å². The lowest BCUT2D eigenvalue weighted by atomic mass is 10.1. The van der Waals surface area contributed by atoms with E-state index in [0.717, 1.165) is 40.1 Å². The second-order valence-corrected chi connectivity index (χ2v) is 10.6. The Morgan fingerprint density at radius 3 is 2.40 bits per heavy atom. The van der Waals surface area contributed by atoms with Gasteiger partial charge in [0.05, 0.1) is 19.1 Å². The molecule has 0 radical (unpaired) electrons. The maximum Gasteiger partial charge on any atom is 0.244 e. The van der Waals surface area contributed by atoms with E-state index in [0.29, 0.717) is 12.3 Å². The van der Waals surface area contributed by atoms with Gasteiger partial charge in [-0.25, -0.2) is 8.42 Å². The molecular formula is C26H37N3O5S. The van der Waals surface area contributed by atoms with Crippen molar-refractivity contribution in [2.75, 3.05) is 30.8 Å². The van der Waals surface area contributed by atoms with E-state index in [4.69, 9.17) is 4.74 Å². The molecule has 1 unspecified atom stereocenters. The smallest absolute Gasteiger partial charge is 0.244 e. The Morgan fingerprint density at radius 1 is 1.11 bits per heavy atom. The Bertz CT molecular complexity index is 1130. The number of aryl methyl sites for hydroxylation is 2. The van der Waals surface area contributed by atoms with Crippen LogP contribution in [0.5, 0.6) is 5.75 Å². The maximum atomic E-state index is 13.6. The molecule has 9 heteroatoms. The number of carbonyl (C=O) groups is 2. The molecule has 0 saturated carbocycles. The van der Waals surface area contributed by atoms with Crippen LogP contribution >= 0.6 is 0 Å². The molecule has 0 aromatic heterocycles. The summed E-state index contributed by atoms with van der Waals surface area (Å²) in [6.07, 6.45) is 2.82. The summed E-state index contributed by atoms with van der Waals surface area (Å²) < 4.78 is 32.0. The van der Waals surface area contributed by atoms with Crippen LogP contribution in [0.2, 0.25) is 0 Å². The molecule has 8 nitrogen and oxygen atoms in total. The van der Waals surface area contributed by atoms with Crippen LogP contribution in [0.4, 0.5) is 5.69 Å². The van der Waals surface area contributed by atoms with E-state index in [9.17, 15) is 18.0 Å². The fourth-order valence-electron chi connectivity index (χ4n) is 3.68. The van der Waals surface area contributed by atoms with Crippen molar-refractivity contribution in [3.05, 3.63) is 59.2 Å². The predicted molar refractivity (Wildman–Crippen MR) is 139 cm³/mol. The molecule has 2 aromatic carbocycles. The summed E-state index contributed by atoms with van der Waals surface area (Å²) in [5.41, 5.74) is 2.96. The first-order chi connectivity index (χ1) is 16.5. The number of ether oxygens (including phenoxy) is 1. The number of carbonyl (C=O) groups excluding carboxylic acids is 2. The second-order valence-electron chi connectivity index (χ2n) is 8.71. The maximum absolute atomic E-state index is 13.6. The molecule has 0 fully saturated rings. The normalized spacial score (nSPS) is 12.1. The number of nitrogens with zero attached hydrogens (tertiary/aromatic N) is 2. The van der Waals surface area contributed by atoms with Gasteiger partial charge in [0, 0.05) is 13.1 Å². The van der Waals surface area contributed by atoms with Gasteiger partial charge in [-0.3, -0.25) is 13.9 Å². The molecule has 1 atom stereocenters. The van der Waals surface area contributed by atoms with Crippen LogP contribution in [0.1, 0.15) is 43.4 Å². The number of hydrogen-bond donors (Lipinski definition) is 1. The zero-order valence-electron chi connectivity index (χ0n) is 21.5. The first-order valence-corrected chi connectivity index (χ1v) is 13.6. The molecule has 192 valence electrons. The third-order valence-electron chi connectivity index (χ3n) is 5.88. The second kappa shape index (κ2) is 12.6.